The average Bonchev–Trinajstić information content (AvgIpc) is 2.40. The summed E-state index contributed by atoms with van der Waals surface area (Å²) >= 11 is 0. The third-order valence-electron chi connectivity index (χ3n) is 2.84. The summed E-state index contributed by atoms with van der Waals surface area (Å²) in [5.74, 6) is -0.412. The van der Waals surface area contributed by atoms with Crippen molar-refractivity contribution in [3.05, 3.63) is 29.8 Å². The van der Waals surface area contributed by atoms with Crippen LogP contribution in [-0.2, 0) is 21.2 Å². The summed E-state index contributed by atoms with van der Waals surface area (Å²) in [5.41, 5.74) is 1.55. The molecule has 0 aliphatic rings. The lowest BCUT2D eigenvalue weighted by Crippen LogP contribution is -2.42. The minimum Gasteiger partial charge on any atom is -0.396 e. The molecule has 1 rings (SSSR count). The second-order valence-corrected chi connectivity index (χ2v) is 6.69. The first-order valence-corrected chi connectivity index (χ1v) is 8.54. The highest BCUT2D eigenvalue weighted by Gasteiger charge is 2.19. The fraction of sp³-hybridized carbons (Fsp3) is 0.500. The number of hydrogen-bond donors (Lipinski definition) is 3. The molecule has 0 heterocycles. The van der Waals surface area contributed by atoms with Crippen LogP contribution in [0, 0.1) is 0 Å². The standard InChI is InChI=1S/C14H22N2O4S/c1-3-10-21(19,20)16-11(2)14(18)15-13-6-4-12(5-7-13)8-9-17/h4-7,11,16-17H,3,8-10H2,1-2H3,(H,15,18). The third-order valence-corrected chi connectivity index (χ3v) is 4.50. The van der Waals surface area contributed by atoms with Crippen molar-refractivity contribution in [2.45, 2.75) is 32.7 Å². The Hall–Kier alpha value is -1.44. The van der Waals surface area contributed by atoms with Gasteiger partial charge in [-0.15, -0.1) is 0 Å². The molecule has 0 aliphatic carbocycles. The average molecular weight is 314 g/mol. The van der Waals surface area contributed by atoms with Gasteiger partial charge in [0.1, 0.15) is 0 Å². The van der Waals surface area contributed by atoms with E-state index in [0.717, 1.165) is 5.56 Å². The quantitative estimate of drug-likeness (QED) is 0.663. The van der Waals surface area contributed by atoms with Crippen molar-refractivity contribution >= 4 is 21.6 Å². The maximum absolute atomic E-state index is 11.9. The normalized spacial score (nSPS) is 12.9. The van der Waals surface area contributed by atoms with Crippen LogP contribution in [0.25, 0.3) is 0 Å². The minimum absolute atomic E-state index is 0.000473. The van der Waals surface area contributed by atoms with Crippen LogP contribution in [-0.4, -0.2) is 37.8 Å². The molecule has 0 aromatic heterocycles. The minimum atomic E-state index is -3.42. The van der Waals surface area contributed by atoms with Gasteiger partial charge in [-0.1, -0.05) is 19.1 Å². The number of sulfonamides is 1. The molecule has 0 saturated heterocycles. The van der Waals surface area contributed by atoms with Crippen molar-refractivity contribution in [2.75, 3.05) is 17.7 Å². The molecule has 3 N–H and O–H groups in total. The Labute approximate surface area is 125 Å². The van der Waals surface area contributed by atoms with E-state index in [-0.39, 0.29) is 12.4 Å². The van der Waals surface area contributed by atoms with E-state index < -0.39 is 22.0 Å². The number of nitrogens with one attached hydrogen (secondary N) is 2. The van der Waals surface area contributed by atoms with E-state index in [0.29, 0.717) is 18.5 Å². The van der Waals surface area contributed by atoms with Crippen molar-refractivity contribution in [3.63, 3.8) is 0 Å². The number of benzene rings is 1. The molecule has 0 bridgehead atoms. The molecular weight excluding hydrogens is 292 g/mol. The summed E-state index contributed by atoms with van der Waals surface area (Å²) in [5, 5.41) is 11.5. The number of rotatable bonds is 8. The van der Waals surface area contributed by atoms with Gasteiger partial charge in [0, 0.05) is 12.3 Å². The molecule has 1 aromatic carbocycles. The van der Waals surface area contributed by atoms with Gasteiger partial charge in [-0.05, 0) is 37.5 Å². The van der Waals surface area contributed by atoms with Gasteiger partial charge in [0.2, 0.25) is 15.9 Å². The van der Waals surface area contributed by atoms with E-state index in [9.17, 15) is 13.2 Å². The topological polar surface area (TPSA) is 95.5 Å². The number of amides is 1. The Morgan fingerprint density at radius 2 is 1.90 bits per heavy atom. The van der Waals surface area contributed by atoms with Gasteiger partial charge >= 0.3 is 0 Å². The first kappa shape index (κ1) is 17.6. The third kappa shape index (κ3) is 6.24. The molecule has 1 atom stereocenters. The van der Waals surface area contributed by atoms with Crippen LogP contribution in [0.15, 0.2) is 24.3 Å². The molecule has 1 amide bonds. The van der Waals surface area contributed by atoms with E-state index in [4.69, 9.17) is 5.11 Å². The van der Waals surface area contributed by atoms with Gasteiger partial charge in [0.25, 0.3) is 0 Å². The van der Waals surface area contributed by atoms with Crippen molar-refractivity contribution in [1.29, 1.82) is 0 Å². The highest BCUT2D eigenvalue weighted by Crippen LogP contribution is 2.10. The zero-order valence-corrected chi connectivity index (χ0v) is 13.1. The highest BCUT2D eigenvalue weighted by molar-refractivity contribution is 7.89. The number of hydrogen-bond acceptors (Lipinski definition) is 4. The Morgan fingerprint density at radius 3 is 2.43 bits per heavy atom. The smallest absolute Gasteiger partial charge is 0.242 e. The van der Waals surface area contributed by atoms with Crippen LogP contribution in [0.2, 0.25) is 0 Å². The van der Waals surface area contributed by atoms with Gasteiger partial charge in [0.15, 0.2) is 0 Å². The van der Waals surface area contributed by atoms with Crippen molar-refractivity contribution in [1.82, 2.24) is 4.72 Å². The molecule has 7 heteroatoms. The second-order valence-electron chi connectivity index (χ2n) is 4.82. The van der Waals surface area contributed by atoms with Crippen LogP contribution in [0.5, 0.6) is 0 Å². The van der Waals surface area contributed by atoms with Gasteiger partial charge in [0.05, 0.1) is 11.8 Å². The maximum atomic E-state index is 11.9. The predicted octanol–water partition coefficient (Wildman–Crippen LogP) is 0.878. The molecule has 0 radical (unpaired) electrons. The summed E-state index contributed by atoms with van der Waals surface area (Å²) in [6.45, 7) is 3.34. The molecule has 6 nitrogen and oxygen atoms in total. The fourth-order valence-electron chi connectivity index (χ4n) is 1.78. The molecule has 1 unspecified atom stereocenters. The lowest BCUT2D eigenvalue weighted by atomic mass is 10.1. The summed E-state index contributed by atoms with van der Waals surface area (Å²) in [6, 6.07) is 6.21. The zero-order chi connectivity index (χ0) is 15.9. The molecule has 0 saturated carbocycles. The van der Waals surface area contributed by atoms with Crippen LogP contribution >= 0.6 is 0 Å². The zero-order valence-electron chi connectivity index (χ0n) is 12.3. The Morgan fingerprint density at radius 1 is 1.29 bits per heavy atom. The molecular formula is C14H22N2O4S. The number of aliphatic hydroxyl groups is 1. The van der Waals surface area contributed by atoms with E-state index in [1.165, 1.54) is 6.92 Å². The first-order chi connectivity index (χ1) is 9.88. The lowest BCUT2D eigenvalue weighted by molar-refractivity contribution is -0.117. The van der Waals surface area contributed by atoms with Gasteiger partial charge in [-0.3, -0.25) is 4.79 Å². The molecule has 0 fully saturated rings. The van der Waals surface area contributed by atoms with E-state index in [1.54, 1.807) is 31.2 Å². The van der Waals surface area contributed by atoms with Gasteiger partial charge < -0.3 is 10.4 Å². The van der Waals surface area contributed by atoms with Crippen LogP contribution in [0.3, 0.4) is 0 Å². The molecule has 21 heavy (non-hydrogen) atoms. The molecule has 0 aliphatic heterocycles. The van der Waals surface area contributed by atoms with Crippen LogP contribution in [0.1, 0.15) is 25.8 Å². The lowest BCUT2D eigenvalue weighted by Gasteiger charge is -2.14. The molecule has 1 aromatic rings. The van der Waals surface area contributed by atoms with E-state index in [2.05, 4.69) is 10.0 Å². The van der Waals surface area contributed by atoms with Crippen molar-refractivity contribution < 1.29 is 18.3 Å². The van der Waals surface area contributed by atoms with E-state index >= 15 is 0 Å². The number of aliphatic hydroxyl groups excluding tert-OH is 1. The summed E-state index contributed by atoms with van der Waals surface area (Å²) in [7, 11) is -3.42. The second kappa shape index (κ2) is 8.11. The summed E-state index contributed by atoms with van der Waals surface area (Å²) in [6.07, 6.45) is 1.05. The summed E-state index contributed by atoms with van der Waals surface area (Å²) in [4.78, 5) is 11.9. The summed E-state index contributed by atoms with van der Waals surface area (Å²) < 4.78 is 25.5. The molecule has 118 valence electrons. The highest BCUT2D eigenvalue weighted by atomic mass is 32.2. The van der Waals surface area contributed by atoms with E-state index in [1.807, 2.05) is 0 Å². The maximum Gasteiger partial charge on any atom is 0.242 e. The Bertz CT molecular complexity index is 555. The van der Waals surface area contributed by atoms with Gasteiger partial charge in [-0.2, -0.15) is 0 Å². The molecule has 0 spiro atoms. The van der Waals surface area contributed by atoms with Crippen molar-refractivity contribution in [3.8, 4) is 0 Å². The van der Waals surface area contributed by atoms with Gasteiger partial charge in [-0.25, -0.2) is 13.1 Å². The fourth-order valence-corrected chi connectivity index (χ4v) is 3.09. The number of anilines is 1. The van der Waals surface area contributed by atoms with Crippen molar-refractivity contribution in [2.24, 2.45) is 0 Å². The Balaban J connectivity index is 2.59. The monoisotopic (exact) mass is 314 g/mol. The largest absolute Gasteiger partial charge is 0.396 e. The number of carbonyl (C=O) groups is 1. The number of carbonyl (C=O) groups excluding carboxylic acids is 1. The Kier molecular flexibility index (Phi) is 6.80. The van der Waals surface area contributed by atoms with Crippen LogP contribution in [0.4, 0.5) is 5.69 Å². The SMILES string of the molecule is CCCS(=O)(=O)NC(C)C(=O)Nc1ccc(CCO)cc1. The predicted molar refractivity (Wildman–Crippen MR) is 82.5 cm³/mol. The first-order valence-electron chi connectivity index (χ1n) is 6.88. The van der Waals surface area contributed by atoms with Crippen LogP contribution < -0.4 is 10.0 Å².